The SMILES string of the molecule is [B]NCCN([B])CCN(CCN([B])[B])CCN([B])CCN(CCN)CCN([B])[B]. The molecule has 0 fully saturated rings. The number of nitrogens with one attached hydrogen (secondary N) is 1. The molecule has 8 nitrogen and oxygen atoms in total. The van der Waals surface area contributed by atoms with Gasteiger partial charge >= 0.3 is 0 Å². The molecule has 14 radical (unpaired) electrons. The molecule has 0 amide bonds. The van der Waals surface area contributed by atoms with Crippen LogP contribution < -0.4 is 11.0 Å². The zero-order valence-electron chi connectivity index (χ0n) is 17.7. The van der Waals surface area contributed by atoms with E-state index in [0.717, 1.165) is 32.7 Å². The number of hydrogen-bond donors (Lipinski definition) is 2. The van der Waals surface area contributed by atoms with E-state index in [-0.39, 0.29) is 0 Å². The average molecular weight is 387 g/mol. The first kappa shape index (κ1) is 29.1. The summed E-state index contributed by atoms with van der Waals surface area (Å²) in [4.78, 5) is 7.92. The van der Waals surface area contributed by atoms with Crippen molar-refractivity contribution in [2.75, 3.05) is 91.6 Å². The normalized spacial score (nSPS) is 12.4. The monoisotopic (exact) mass is 388 g/mol. The Bertz CT molecular complexity index is 373. The van der Waals surface area contributed by atoms with E-state index in [1.165, 1.54) is 9.44 Å². The van der Waals surface area contributed by atoms with Crippen molar-refractivity contribution in [1.29, 1.82) is 0 Å². The van der Waals surface area contributed by atoms with Crippen LogP contribution in [0.5, 0.6) is 0 Å². The lowest BCUT2D eigenvalue weighted by Crippen LogP contribution is -2.44. The lowest BCUT2D eigenvalue weighted by atomic mass is 10.1. The van der Waals surface area contributed by atoms with Crippen LogP contribution in [0.15, 0.2) is 0 Å². The van der Waals surface area contributed by atoms with Crippen molar-refractivity contribution in [3.63, 3.8) is 0 Å². The third kappa shape index (κ3) is 18.6. The fourth-order valence-corrected chi connectivity index (χ4v) is 2.61. The van der Waals surface area contributed by atoms with Crippen molar-refractivity contribution < 1.29 is 0 Å². The first-order valence-electron chi connectivity index (χ1n) is 9.89. The molecule has 0 aromatic rings. The maximum absolute atomic E-state index is 6.17. The van der Waals surface area contributed by atoms with Gasteiger partial charge in [-0.2, -0.15) is 0 Å². The second-order valence-corrected chi connectivity index (χ2v) is 6.97. The Kier molecular flexibility index (Phi) is 19.0. The molecular formula is C14H31B7N8. The van der Waals surface area contributed by atoms with Crippen molar-refractivity contribution in [2.45, 2.75) is 0 Å². The average Bonchev–Trinajstić information content (AvgIpc) is 2.67. The van der Waals surface area contributed by atoms with E-state index < -0.39 is 0 Å². The molecule has 0 unspecified atom stereocenters. The van der Waals surface area contributed by atoms with Gasteiger partial charge in [-0.1, -0.05) is 0 Å². The summed E-state index contributed by atoms with van der Waals surface area (Å²) < 4.78 is 2.35. The number of hydrogen-bond acceptors (Lipinski definition) is 8. The Labute approximate surface area is 187 Å². The fourth-order valence-electron chi connectivity index (χ4n) is 2.61. The molecule has 0 spiro atoms. The third-order valence-corrected chi connectivity index (χ3v) is 4.45. The molecule has 0 aromatic heterocycles. The quantitative estimate of drug-likeness (QED) is 0.202. The van der Waals surface area contributed by atoms with E-state index in [0.29, 0.717) is 58.9 Å². The van der Waals surface area contributed by atoms with Crippen LogP contribution in [0, 0.1) is 0 Å². The van der Waals surface area contributed by atoms with Crippen LogP contribution in [0.2, 0.25) is 0 Å². The van der Waals surface area contributed by atoms with Crippen LogP contribution in [0.3, 0.4) is 0 Å². The van der Waals surface area contributed by atoms with E-state index in [1.807, 2.05) is 0 Å². The minimum absolute atomic E-state index is 0.540. The van der Waals surface area contributed by atoms with Gasteiger partial charge in [-0.15, -0.1) is 0 Å². The Morgan fingerprint density at radius 3 is 1.28 bits per heavy atom. The molecule has 3 N–H and O–H groups in total. The summed E-state index contributed by atoms with van der Waals surface area (Å²) in [6.07, 6.45) is 0. The fraction of sp³-hybridized carbons (Fsp3) is 1.00. The summed E-state index contributed by atoms with van der Waals surface area (Å²) in [5.41, 5.74) is 5.67. The number of rotatable bonds is 20. The maximum Gasteiger partial charge on any atom is 0.182 e. The van der Waals surface area contributed by atoms with E-state index in [4.69, 9.17) is 61.6 Å². The molecule has 0 heterocycles. The molecular weight excluding hydrogens is 356 g/mol. The second kappa shape index (κ2) is 18.9. The highest BCUT2D eigenvalue weighted by atomic mass is 15.2. The molecule has 0 aliphatic carbocycles. The molecule has 148 valence electrons. The smallest absolute Gasteiger partial charge is 0.182 e. The van der Waals surface area contributed by atoms with Crippen LogP contribution in [0.4, 0.5) is 0 Å². The van der Waals surface area contributed by atoms with Gasteiger partial charge in [-0.3, -0.25) is 9.80 Å². The molecule has 0 aromatic carbocycles. The van der Waals surface area contributed by atoms with Crippen LogP contribution in [0.25, 0.3) is 0 Å². The zero-order valence-corrected chi connectivity index (χ0v) is 17.7. The van der Waals surface area contributed by atoms with Crippen molar-refractivity contribution >= 4 is 55.9 Å². The van der Waals surface area contributed by atoms with Crippen LogP contribution in [0.1, 0.15) is 0 Å². The van der Waals surface area contributed by atoms with E-state index >= 15 is 0 Å². The van der Waals surface area contributed by atoms with Crippen molar-refractivity contribution in [2.24, 2.45) is 5.73 Å². The predicted molar refractivity (Wildman–Crippen MR) is 127 cm³/mol. The van der Waals surface area contributed by atoms with Crippen LogP contribution in [-0.4, -0.2) is 176 Å². The highest BCUT2D eigenvalue weighted by Gasteiger charge is 2.10. The summed E-state index contributed by atoms with van der Waals surface area (Å²) in [6, 6.07) is 0. The van der Waals surface area contributed by atoms with Gasteiger partial charge in [0, 0.05) is 45.8 Å². The van der Waals surface area contributed by atoms with Gasteiger partial charge in [0.15, 0.2) is 55.9 Å². The Balaban J connectivity index is 4.33. The van der Waals surface area contributed by atoms with Gasteiger partial charge in [-0.05, 0) is 45.8 Å². The third-order valence-electron chi connectivity index (χ3n) is 4.45. The maximum atomic E-state index is 6.17. The molecule has 0 aliphatic rings. The van der Waals surface area contributed by atoms with Crippen molar-refractivity contribution in [1.82, 2.24) is 34.1 Å². The zero-order chi connectivity index (χ0) is 22.1. The van der Waals surface area contributed by atoms with Gasteiger partial charge in [0.25, 0.3) is 0 Å². The topological polar surface area (TPSA) is 57.5 Å². The lowest BCUT2D eigenvalue weighted by molar-refractivity contribution is 0.216. The van der Waals surface area contributed by atoms with Crippen molar-refractivity contribution in [3.8, 4) is 0 Å². The van der Waals surface area contributed by atoms with E-state index in [2.05, 4.69) is 15.0 Å². The largest absolute Gasteiger partial charge is 0.403 e. The molecule has 0 rings (SSSR count). The molecule has 0 bridgehead atoms. The minimum Gasteiger partial charge on any atom is -0.403 e. The van der Waals surface area contributed by atoms with Gasteiger partial charge in [0.1, 0.15) is 0 Å². The first-order valence-corrected chi connectivity index (χ1v) is 9.89. The molecule has 0 atom stereocenters. The molecule has 0 aliphatic heterocycles. The van der Waals surface area contributed by atoms with Crippen molar-refractivity contribution in [3.05, 3.63) is 0 Å². The Morgan fingerprint density at radius 1 is 0.517 bits per heavy atom. The minimum atomic E-state index is 0.540. The predicted octanol–water partition coefficient (Wildman–Crippen LogP) is -5.07. The number of nitrogens with zero attached hydrogens (tertiary/aromatic N) is 6. The standard InChI is InChI=1S/C14H31B7N8/c15-23-2-4-26(16)10-6-25(9-14-29(20)21)7-12-27(17)11-5-24(3-1-22)8-13-28(18)19/h23H,1-14,22H2. The molecule has 29 heavy (non-hydrogen) atoms. The van der Waals surface area contributed by atoms with Gasteiger partial charge in [-0.25, -0.2) is 0 Å². The summed E-state index contributed by atoms with van der Waals surface area (Å²) in [5.74, 6) is 0. The summed E-state index contributed by atoms with van der Waals surface area (Å²) >= 11 is 0. The summed E-state index contributed by atoms with van der Waals surface area (Å²) in [5, 5.41) is 2.59. The first-order chi connectivity index (χ1) is 13.8. The highest BCUT2D eigenvalue weighted by Crippen LogP contribution is 1.95. The van der Waals surface area contributed by atoms with E-state index in [1.54, 1.807) is 9.62 Å². The van der Waals surface area contributed by atoms with Gasteiger partial charge < -0.3 is 30.0 Å². The van der Waals surface area contributed by atoms with Gasteiger partial charge in [0.2, 0.25) is 0 Å². The van der Waals surface area contributed by atoms with Gasteiger partial charge in [0.05, 0.1) is 0 Å². The van der Waals surface area contributed by atoms with Crippen LogP contribution in [-0.2, 0) is 0 Å². The van der Waals surface area contributed by atoms with E-state index in [9.17, 15) is 0 Å². The second-order valence-electron chi connectivity index (χ2n) is 6.97. The number of nitrogens with two attached hydrogens (primary N) is 1. The summed E-state index contributed by atoms with van der Waals surface area (Å²) in [6.45, 7) is 9.57. The molecule has 15 heteroatoms. The highest BCUT2D eigenvalue weighted by molar-refractivity contribution is 6.25. The molecule has 0 saturated heterocycles. The Morgan fingerprint density at radius 2 is 0.897 bits per heavy atom. The lowest BCUT2D eigenvalue weighted by Gasteiger charge is -2.30. The summed E-state index contributed by atoms with van der Waals surface area (Å²) in [7, 11) is 39.4. The Hall–Kier alpha value is 0.135. The van der Waals surface area contributed by atoms with Crippen LogP contribution >= 0.6 is 0 Å². The molecule has 0 saturated carbocycles.